The second-order valence-corrected chi connectivity index (χ2v) is 3.93. The molecule has 1 aromatic heterocycles. The van der Waals surface area contributed by atoms with Crippen LogP contribution in [0.5, 0.6) is 11.5 Å². The van der Waals surface area contributed by atoms with E-state index in [4.69, 9.17) is 32.7 Å². The first-order valence-electron chi connectivity index (χ1n) is 4.53. The highest BCUT2D eigenvalue weighted by molar-refractivity contribution is 6.41. The Morgan fingerprint density at radius 2 is 1.62 bits per heavy atom. The van der Waals surface area contributed by atoms with Gasteiger partial charge in [-0.2, -0.15) is 0 Å². The zero-order chi connectivity index (χ0) is 11.7. The largest absolute Gasteiger partial charge is 0.493 e. The fourth-order valence-electron chi connectivity index (χ4n) is 1.45. The highest BCUT2D eigenvalue weighted by Gasteiger charge is 2.09. The molecule has 0 saturated heterocycles. The van der Waals surface area contributed by atoms with Gasteiger partial charge in [-0.1, -0.05) is 23.2 Å². The molecular weight excluding hydrogens is 249 g/mol. The van der Waals surface area contributed by atoms with Crippen molar-refractivity contribution in [3.8, 4) is 11.5 Å². The lowest BCUT2D eigenvalue weighted by atomic mass is 10.2. The van der Waals surface area contributed by atoms with E-state index in [1.54, 1.807) is 26.4 Å². The summed E-state index contributed by atoms with van der Waals surface area (Å²) in [6, 6.07) is 5.31. The number of methoxy groups -OCH3 is 2. The molecular formula is C11H9Cl2NO2. The van der Waals surface area contributed by atoms with Gasteiger partial charge in [0, 0.05) is 11.5 Å². The Bertz CT molecular complexity index is 494. The van der Waals surface area contributed by atoms with Crippen LogP contribution in [0.2, 0.25) is 10.2 Å². The number of pyridine rings is 1. The van der Waals surface area contributed by atoms with Gasteiger partial charge in [0.15, 0.2) is 11.5 Å². The number of fused-ring (bicyclic) bond motifs is 1. The number of aromatic nitrogens is 1. The third-order valence-electron chi connectivity index (χ3n) is 2.23. The van der Waals surface area contributed by atoms with E-state index in [1.807, 2.05) is 6.07 Å². The summed E-state index contributed by atoms with van der Waals surface area (Å²) < 4.78 is 10.4. The summed E-state index contributed by atoms with van der Waals surface area (Å²) in [5.41, 5.74) is 0.715. The quantitative estimate of drug-likeness (QED) is 0.772. The van der Waals surface area contributed by atoms with Gasteiger partial charge in [0.1, 0.15) is 5.15 Å². The minimum Gasteiger partial charge on any atom is -0.493 e. The van der Waals surface area contributed by atoms with Crippen molar-refractivity contribution in [1.29, 1.82) is 0 Å². The molecule has 84 valence electrons. The van der Waals surface area contributed by atoms with Gasteiger partial charge in [-0.05, 0) is 12.1 Å². The smallest absolute Gasteiger partial charge is 0.162 e. The number of hydrogen-bond acceptors (Lipinski definition) is 3. The van der Waals surface area contributed by atoms with Crippen LogP contribution in [0.3, 0.4) is 0 Å². The van der Waals surface area contributed by atoms with Crippen molar-refractivity contribution in [1.82, 2.24) is 4.98 Å². The molecule has 0 N–H and O–H groups in total. The summed E-state index contributed by atoms with van der Waals surface area (Å²) in [6.45, 7) is 0. The van der Waals surface area contributed by atoms with E-state index in [1.165, 1.54) is 0 Å². The van der Waals surface area contributed by atoms with Gasteiger partial charge in [-0.25, -0.2) is 4.98 Å². The van der Waals surface area contributed by atoms with Gasteiger partial charge in [0.05, 0.1) is 24.8 Å². The van der Waals surface area contributed by atoms with Crippen molar-refractivity contribution in [2.75, 3.05) is 14.2 Å². The first kappa shape index (κ1) is 11.3. The normalized spacial score (nSPS) is 10.5. The molecule has 5 heteroatoms. The highest BCUT2D eigenvalue weighted by atomic mass is 35.5. The van der Waals surface area contributed by atoms with Crippen molar-refractivity contribution in [3.05, 3.63) is 28.4 Å². The fourth-order valence-corrected chi connectivity index (χ4v) is 1.76. The Labute approximate surface area is 103 Å². The molecule has 1 aromatic carbocycles. The second-order valence-electron chi connectivity index (χ2n) is 3.16. The van der Waals surface area contributed by atoms with E-state index in [0.717, 1.165) is 5.39 Å². The van der Waals surface area contributed by atoms with Crippen LogP contribution < -0.4 is 9.47 Å². The average Bonchev–Trinajstić information content (AvgIpc) is 2.29. The van der Waals surface area contributed by atoms with Crippen molar-refractivity contribution in [3.63, 3.8) is 0 Å². The van der Waals surface area contributed by atoms with Crippen LogP contribution in [0.15, 0.2) is 18.2 Å². The van der Waals surface area contributed by atoms with Crippen LogP contribution in [0.1, 0.15) is 0 Å². The van der Waals surface area contributed by atoms with E-state index in [9.17, 15) is 0 Å². The molecule has 0 bridgehead atoms. The molecule has 0 aliphatic carbocycles. The lowest BCUT2D eigenvalue weighted by molar-refractivity contribution is 0.356. The minimum absolute atomic E-state index is 0.279. The van der Waals surface area contributed by atoms with E-state index in [0.29, 0.717) is 22.0 Å². The Kier molecular flexibility index (Phi) is 3.08. The van der Waals surface area contributed by atoms with Crippen molar-refractivity contribution < 1.29 is 9.47 Å². The van der Waals surface area contributed by atoms with Crippen LogP contribution >= 0.6 is 23.2 Å². The first-order valence-corrected chi connectivity index (χ1v) is 5.29. The molecule has 3 nitrogen and oxygen atoms in total. The first-order chi connectivity index (χ1) is 7.65. The van der Waals surface area contributed by atoms with E-state index < -0.39 is 0 Å². The molecule has 0 fully saturated rings. The predicted molar refractivity (Wildman–Crippen MR) is 64.9 cm³/mol. The van der Waals surface area contributed by atoms with Gasteiger partial charge >= 0.3 is 0 Å². The van der Waals surface area contributed by atoms with Gasteiger partial charge in [-0.15, -0.1) is 0 Å². The molecule has 0 spiro atoms. The Morgan fingerprint density at radius 1 is 1.00 bits per heavy atom. The van der Waals surface area contributed by atoms with Crippen LogP contribution in [-0.4, -0.2) is 19.2 Å². The van der Waals surface area contributed by atoms with Gasteiger partial charge in [-0.3, -0.25) is 0 Å². The molecule has 1 heterocycles. The molecule has 16 heavy (non-hydrogen) atoms. The lowest BCUT2D eigenvalue weighted by Crippen LogP contribution is -1.91. The maximum Gasteiger partial charge on any atom is 0.162 e. The standard InChI is InChI=1S/C11H9Cl2NO2/c1-15-9-4-6-3-7(12)11(13)14-8(6)5-10(9)16-2/h3-5H,1-2H3. The number of rotatable bonds is 2. The zero-order valence-electron chi connectivity index (χ0n) is 8.75. The van der Waals surface area contributed by atoms with Crippen molar-refractivity contribution >= 4 is 34.1 Å². The Balaban J connectivity index is 2.73. The SMILES string of the molecule is COc1cc2cc(Cl)c(Cl)nc2cc1OC. The summed E-state index contributed by atoms with van der Waals surface area (Å²) in [5, 5.41) is 1.55. The van der Waals surface area contributed by atoms with Crippen LogP contribution in [-0.2, 0) is 0 Å². The van der Waals surface area contributed by atoms with Gasteiger partial charge in [0.25, 0.3) is 0 Å². The lowest BCUT2D eigenvalue weighted by Gasteiger charge is -2.09. The molecule has 0 unspecified atom stereocenters. The topological polar surface area (TPSA) is 31.4 Å². The van der Waals surface area contributed by atoms with Crippen LogP contribution in [0.25, 0.3) is 10.9 Å². The summed E-state index contributed by atoms with van der Waals surface area (Å²) >= 11 is 11.7. The molecule has 0 aliphatic heterocycles. The molecule has 2 rings (SSSR count). The summed E-state index contributed by atoms with van der Waals surface area (Å²) in [7, 11) is 3.15. The number of halogens is 2. The zero-order valence-corrected chi connectivity index (χ0v) is 10.3. The third-order valence-corrected chi connectivity index (χ3v) is 2.90. The van der Waals surface area contributed by atoms with E-state index in [2.05, 4.69) is 4.98 Å². The number of hydrogen-bond donors (Lipinski definition) is 0. The minimum atomic E-state index is 0.279. The monoisotopic (exact) mass is 257 g/mol. The van der Waals surface area contributed by atoms with Gasteiger partial charge in [0.2, 0.25) is 0 Å². The maximum atomic E-state index is 5.89. The predicted octanol–water partition coefficient (Wildman–Crippen LogP) is 3.56. The Morgan fingerprint density at radius 3 is 2.25 bits per heavy atom. The Hall–Kier alpha value is -1.19. The molecule has 0 radical (unpaired) electrons. The summed E-state index contributed by atoms with van der Waals surface area (Å²) in [4.78, 5) is 4.16. The highest BCUT2D eigenvalue weighted by Crippen LogP contribution is 2.33. The molecule has 0 amide bonds. The van der Waals surface area contributed by atoms with Crippen LogP contribution in [0.4, 0.5) is 0 Å². The molecule has 0 saturated carbocycles. The molecule has 0 atom stereocenters. The van der Waals surface area contributed by atoms with Crippen molar-refractivity contribution in [2.45, 2.75) is 0 Å². The summed E-state index contributed by atoms with van der Waals surface area (Å²) in [5.74, 6) is 1.25. The summed E-state index contributed by atoms with van der Waals surface area (Å²) in [6.07, 6.45) is 0. The number of ether oxygens (including phenoxy) is 2. The molecule has 0 aliphatic rings. The van der Waals surface area contributed by atoms with Gasteiger partial charge < -0.3 is 9.47 Å². The van der Waals surface area contributed by atoms with E-state index >= 15 is 0 Å². The average molecular weight is 258 g/mol. The molecule has 2 aromatic rings. The van der Waals surface area contributed by atoms with E-state index in [-0.39, 0.29) is 5.15 Å². The fraction of sp³-hybridized carbons (Fsp3) is 0.182. The van der Waals surface area contributed by atoms with Crippen molar-refractivity contribution in [2.24, 2.45) is 0 Å². The second kappa shape index (κ2) is 4.36. The number of benzene rings is 1. The maximum absolute atomic E-state index is 5.89. The van der Waals surface area contributed by atoms with Crippen LogP contribution in [0, 0.1) is 0 Å². The third kappa shape index (κ3) is 1.88. The number of nitrogens with zero attached hydrogens (tertiary/aromatic N) is 1.